The van der Waals surface area contributed by atoms with Crippen LogP contribution in [-0.2, 0) is 9.53 Å². The van der Waals surface area contributed by atoms with Crippen LogP contribution in [0.4, 0.5) is 0 Å². The van der Waals surface area contributed by atoms with Crippen molar-refractivity contribution in [3.05, 3.63) is 0 Å². The Labute approximate surface area is 91.0 Å². The van der Waals surface area contributed by atoms with Crippen molar-refractivity contribution >= 4 is 17.7 Å². The summed E-state index contributed by atoms with van der Waals surface area (Å²) in [6, 6.07) is 0.565. The van der Waals surface area contributed by atoms with Crippen LogP contribution in [0, 0.1) is 0 Å². The van der Waals surface area contributed by atoms with E-state index in [1.807, 2.05) is 11.8 Å². The van der Waals surface area contributed by atoms with E-state index >= 15 is 0 Å². The van der Waals surface area contributed by atoms with Gasteiger partial charge in [-0.2, -0.15) is 11.8 Å². The molecule has 3 nitrogen and oxygen atoms in total. The number of carbonyl (C=O) groups excluding carboxylic acids is 1. The predicted octanol–water partition coefficient (Wildman–Crippen LogP) is 1.67. The van der Waals surface area contributed by atoms with Gasteiger partial charge in [0.15, 0.2) is 0 Å². The van der Waals surface area contributed by atoms with Crippen LogP contribution in [0.2, 0.25) is 0 Å². The summed E-state index contributed by atoms with van der Waals surface area (Å²) in [7, 11) is 1.43. The van der Waals surface area contributed by atoms with Crippen molar-refractivity contribution < 1.29 is 9.53 Å². The van der Waals surface area contributed by atoms with Gasteiger partial charge in [0.2, 0.25) is 0 Å². The summed E-state index contributed by atoms with van der Waals surface area (Å²) in [5.74, 6) is 1.86. The number of hydrogen-bond donors (Lipinski definition) is 1. The molecule has 0 aliphatic rings. The Morgan fingerprint density at radius 2 is 2.14 bits per heavy atom. The fourth-order valence-electron chi connectivity index (χ4n) is 0.925. The maximum absolute atomic E-state index is 10.7. The molecule has 84 valence electrons. The van der Waals surface area contributed by atoms with E-state index in [9.17, 15) is 4.79 Å². The Balaban J connectivity index is 3.03. The fraction of sp³-hybridized carbons (Fsp3) is 0.900. The third kappa shape index (κ3) is 9.86. The van der Waals surface area contributed by atoms with E-state index in [-0.39, 0.29) is 5.97 Å². The average Bonchev–Trinajstić information content (AvgIpc) is 2.15. The Morgan fingerprint density at radius 3 is 2.71 bits per heavy atom. The van der Waals surface area contributed by atoms with Crippen LogP contribution < -0.4 is 5.32 Å². The minimum atomic E-state index is -0.113. The summed E-state index contributed by atoms with van der Waals surface area (Å²) >= 11 is 1.81. The number of ether oxygens (including phenoxy) is 1. The number of hydrogen-bond acceptors (Lipinski definition) is 4. The first-order chi connectivity index (χ1) is 6.66. The van der Waals surface area contributed by atoms with Crippen molar-refractivity contribution in [2.75, 3.05) is 25.2 Å². The van der Waals surface area contributed by atoms with Crippen LogP contribution in [-0.4, -0.2) is 37.2 Å². The topological polar surface area (TPSA) is 38.3 Å². The van der Waals surface area contributed by atoms with Gasteiger partial charge in [0.25, 0.3) is 0 Å². The minimum Gasteiger partial charge on any atom is -0.469 e. The molecule has 0 aromatic heterocycles. The first kappa shape index (κ1) is 13.8. The van der Waals surface area contributed by atoms with Crippen molar-refractivity contribution in [1.29, 1.82) is 0 Å². The van der Waals surface area contributed by atoms with Crippen molar-refractivity contribution in [3.8, 4) is 0 Å². The van der Waals surface area contributed by atoms with Crippen LogP contribution >= 0.6 is 11.8 Å². The molecule has 0 aliphatic carbocycles. The predicted molar refractivity (Wildman–Crippen MR) is 61.7 cm³/mol. The molecule has 0 heterocycles. The highest BCUT2D eigenvalue weighted by molar-refractivity contribution is 7.99. The average molecular weight is 219 g/mol. The maximum atomic E-state index is 10.7. The third-order valence-electron chi connectivity index (χ3n) is 1.70. The van der Waals surface area contributed by atoms with Crippen molar-refractivity contribution in [3.63, 3.8) is 0 Å². The maximum Gasteiger partial charge on any atom is 0.306 e. The van der Waals surface area contributed by atoms with Crippen LogP contribution in [0.25, 0.3) is 0 Å². The molecule has 0 aromatic carbocycles. The Bertz CT molecular complexity index is 151. The lowest BCUT2D eigenvalue weighted by Crippen LogP contribution is -2.23. The molecule has 0 radical (unpaired) electrons. The smallest absolute Gasteiger partial charge is 0.306 e. The molecule has 0 spiro atoms. The van der Waals surface area contributed by atoms with Gasteiger partial charge < -0.3 is 10.1 Å². The van der Waals surface area contributed by atoms with E-state index in [0.717, 1.165) is 24.5 Å². The fourth-order valence-corrected chi connectivity index (χ4v) is 1.79. The lowest BCUT2D eigenvalue weighted by Gasteiger charge is -2.06. The molecular formula is C10H21NO2S. The molecule has 0 saturated heterocycles. The normalized spacial score (nSPS) is 10.6. The second kappa shape index (κ2) is 9.34. The Hall–Kier alpha value is -0.220. The lowest BCUT2D eigenvalue weighted by molar-refractivity contribution is -0.140. The highest BCUT2D eigenvalue weighted by Gasteiger charge is 1.99. The van der Waals surface area contributed by atoms with Gasteiger partial charge in [-0.3, -0.25) is 4.79 Å². The Kier molecular flexibility index (Phi) is 9.19. The monoisotopic (exact) mass is 219 g/mol. The molecule has 0 bridgehead atoms. The number of esters is 1. The van der Waals surface area contributed by atoms with E-state index in [4.69, 9.17) is 0 Å². The first-order valence-corrected chi connectivity index (χ1v) is 6.20. The summed E-state index contributed by atoms with van der Waals surface area (Å²) in [6.07, 6.45) is 1.68. The number of methoxy groups -OCH3 is 1. The zero-order chi connectivity index (χ0) is 10.8. The van der Waals surface area contributed by atoms with E-state index < -0.39 is 0 Å². The summed E-state index contributed by atoms with van der Waals surface area (Å²) in [5, 5.41) is 3.35. The SMILES string of the molecule is COC(=O)CCSCCCNC(C)C. The Morgan fingerprint density at radius 1 is 1.43 bits per heavy atom. The summed E-state index contributed by atoms with van der Waals surface area (Å²) in [6.45, 7) is 5.34. The number of thioether (sulfide) groups is 1. The minimum absolute atomic E-state index is 0.113. The zero-order valence-corrected chi connectivity index (χ0v) is 10.2. The second-order valence-corrected chi connectivity index (χ2v) is 4.63. The van der Waals surface area contributed by atoms with Gasteiger partial charge in [-0.25, -0.2) is 0 Å². The molecule has 0 atom stereocenters. The van der Waals surface area contributed by atoms with Crippen LogP contribution in [0.15, 0.2) is 0 Å². The van der Waals surface area contributed by atoms with Crippen molar-refractivity contribution in [2.24, 2.45) is 0 Å². The zero-order valence-electron chi connectivity index (χ0n) is 9.34. The van der Waals surface area contributed by atoms with Gasteiger partial charge in [-0.05, 0) is 18.7 Å². The number of carbonyl (C=O) groups is 1. The lowest BCUT2D eigenvalue weighted by atomic mass is 10.4. The molecule has 1 N–H and O–H groups in total. The molecule has 0 rings (SSSR count). The molecule has 0 unspecified atom stereocenters. The van der Waals surface area contributed by atoms with Crippen LogP contribution in [0.1, 0.15) is 26.7 Å². The molecule has 0 aliphatic heterocycles. The second-order valence-electron chi connectivity index (χ2n) is 3.40. The molecule has 0 aromatic rings. The van der Waals surface area contributed by atoms with Gasteiger partial charge >= 0.3 is 5.97 Å². The van der Waals surface area contributed by atoms with Crippen LogP contribution in [0.3, 0.4) is 0 Å². The summed E-state index contributed by atoms with van der Waals surface area (Å²) in [4.78, 5) is 10.7. The standard InChI is InChI=1S/C10H21NO2S/c1-9(2)11-6-4-7-14-8-5-10(12)13-3/h9,11H,4-8H2,1-3H3. The van der Waals surface area contributed by atoms with Gasteiger partial charge in [-0.1, -0.05) is 13.8 Å². The van der Waals surface area contributed by atoms with Gasteiger partial charge in [-0.15, -0.1) is 0 Å². The van der Waals surface area contributed by atoms with E-state index in [0.29, 0.717) is 12.5 Å². The van der Waals surface area contributed by atoms with E-state index in [2.05, 4.69) is 23.9 Å². The third-order valence-corrected chi connectivity index (χ3v) is 2.77. The van der Waals surface area contributed by atoms with E-state index in [1.165, 1.54) is 7.11 Å². The molecule has 4 heteroatoms. The van der Waals surface area contributed by atoms with Gasteiger partial charge in [0, 0.05) is 11.8 Å². The highest BCUT2D eigenvalue weighted by Crippen LogP contribution is 2.04. The molecule has 0 amide bonds. The van der Waals surface area contributed by atoms with Gasteiger partial charge in [0.1, 0.15) is 0 Å². The van der Waals surface area contributed by atoms with Crippen molar-refractivity contribution in [2.45, 2.75) is 32.7 Å². The number of rotatable bonds is 8. The molecule has 0 fully saturated rings. The van der Waals surface area contributed by atoms with Crippen molar-refractivity contribution in [1.82, 2.24) is 5.32 Å². The quantitative estimate of drug-likeness (QED) is 0.498. The largest absolute Gasteiger partial charge is 0.469 e. The number of nitrogens with one attached hydrogen (secondary N) is 1. The highest BCUT2D eigenvalue weighted by atomic mass is 32.2. The molecule has 0 saturated carbocycles. The molecular weight excluding hydrogens is 198 g/mol. The van der Waals surface area contributed by atoms with Crippen LogP contribution in [0.5, 0.6) is 0 Å². The first-order valence-electron chi connectivity index (χ1n) is 5.04. The van der Waals surface area contributed by atoms with Gasteiger partial charge in [0.05, 0.1) is 13.5 Å². The molecule has 14 heavy (non-hydrogen) atoms. The summed E-state index contributed by atoms with van der Waals surface area (Å²) in [5.41, 5.74) is 0. The van der Waals surface area contributed by atoms with E-state index in [1.54, 1.807) is 0 Å². The summed E-state index contributed by atoms with van der Waals surface area (Å²) < 4.78 is 4.54.